The van der Waals surface area contributed by atoms with Crippen LogP contribution in [0.2, 0.25) is 0 Å². The van der Waals surface area contributed by atoms with Crippen LogP contribution in [-0.2, 0) is 19.3 Å². The second-order valence-corrected chi connectivity index (χ2v) is 15.9. The van der Waals surface area contributed by atoms with E-state index in [9.17, 15) is 0 Å². The Morgan fingerprint density at radius 2 is 0.902 bits per heavy atom. The fourth-order valence-corrected chi connectivity index (χ4v) is 12.0. The van der Waals surface area contributed by atoms with Crippen LogP contribution in [0.15, 0.2) is 9.98 Å². The first kappa shape index (κ1) is 26.5. The van der Waals surface area contributed by atoms with Gasteiger partial charge in [0.25, 0.3) is 0 Å². The summed E-state index contributed by atoms with van der Waals surface area (Å²) in [5.41, 5.74) is 11.5. The van der Waals surface area contributed by atoms with Gasteiger partial charge in [0.1, 0.15) is 0 Å². The van der Waals surface area contributed by atoms with Crippen molar-refractivity contribution in [2.45, 2.75) is 135 Å². The summed E-state index contributed by atoms with van der Waals surface area (Å²) in [6.45, 7) is 9.24. The highest BCUT2D eigenvalue weighted by Gasteiger charge is 2.51. The number of rotatable bonds is 8. The number of hydrogen-bond donors (Lipinski definition) is 2. The Kier molecular flexibility index (Phi) is 6.28. The summed E-state index contributed by atoms with van der Waals surface area (Å²) >= 11 is 0. The van der Waals surface area contributed by atoms with Gasteiger partial charge in [-0.2, -0.15) is 0 Å². The molecule has 0 amide bonds. The van der Waals surface area contributed by atoms with Gasteiger partial charge in [-0.1, -0.05) is 13.8 Å². The minimum absolute atomic E-state index is 0.232. The fraction of sp³-hybridized carbons (Fsp3) is 0.730. The van der Waals surface area contributed by atoms with Crippen molar-refractivity contribution in [3.05, 3.63) is 45.0 Å². The van der Waals surface area contributed by atoms with E-state index in [-0.39, 0.29) is 11.1 Å². The van der Waals surface area contributed by atoms with E-state index in [1.165, 1.54) is 122 Å². The summed E-state index contributed by atoms with van der Waals surface area (Å²) in [5, 5.41) is 0. The molecular formula is C37H52N4. The average molecular weight is 553 g/mol. The average Bonchev–Trinajstić information content (AvgIpc) is 3.39. The van der Waals surface area contributed by atoms with Crippen molar-refractivity contribution in [2.75, 3.05) is 0 Å². The van der Waals surface area contributed by atoms with Crippen molar-refractivity contribution in [3.8, 4) is 0 Å². The SMILES string of the molecule is CCc1c(Cc2[nH]c(C=NC34CC5CC(CC(C5)C3)C4)c(C)c2CC)[nH]c(C=NC23CC4CC(CC(C4)C2)C3)c1C. The van der Waals surface area contributed by atoms with Crippen molar-refractivity contribution < 1.29 is 0 Å². The number of aromatic nitrogens is 2. The van der Waals surface area contributed by atoms with Gasteiger partial charge in [0.05, 0.1) is 22.5 Å². The van der Waals surface area contributed by atoms with Gasteiger partial charge in [0.15, 0.2) is 0 Å². The van der Waals surface area contributed by atoms with E-state index in [4.69, 9.17) is 9.98 Å². The van der Waals surface area contributed by atoms with Crippen LogP contribution in [-0.4, -0.2) is 33.5 Å². The molecule has 0 aliphatic heterocycles. The molecule has 0 saturated heterocycles. The molecule has 8 bridgehead atoms. The van der Waals surface area contributed by atoms with Crippen LogP contribution in [0.5, 0.6) is 0 Å². The zero-order valence-corrected chi connectivity index (χ0v) is 26.1. The predicted octanol–water partition coefficient (Wildman–Crippen LogP) is 8.45. The molecule has 0 unspecified atom stereocenters. The van der Waals surface area contributed by atoms with Crippen molar-refractivity contribution in [1.29, 1.82) is 0 Å². The first-order chi connectivity index (χ1) is 19.8. The normalized spacial score (nSPS) is 38.8. The van der Waals surface area contributed by atoms with E-state index >= 15 is 0 Å². The van der Waals surface area contributed by atoms with Gasteiger partial charge in [0, 0.05) is 30.2 Å². The third kappa shape index (κ3) is 4.52. The zero-order valence-electron chi connectivity index (χ0n) is 26.1. The van der Waals surface area contributed by atoms with E-state index in [1.807, 2.05) is 0 Å². The molecule has 0 atom stereocenters. The van der Waals surface area contributed by atoms with Gasteiger partial charge in [-0.3, -0.25) is 9.98 Å². The molecule has 8 aliphatic carbocycles. The van der Waals surface area contributed by atoms with Gasteiger partial charge in [-0.15, -0.1) is 0 Å². The number of aliphatic imine (C=N–C) groups is 2. The Bertz CT molecular complexity index is 1210. The van der Waals surface area contributed by atoms with Crippen molar-refractivity contribution in [3.63, 3.8) is 0 Å². The quantitative estimate of drug-likeness (QED) is 0.309. The molecule has 0 radical (unpaired) electrons. The van der Waals surface area contributed by atoms with Gasteiger partial charge in [-0.25, -0.2) is 0 Å². The minimum Gasteiger partial charge on any atom is -0.357 e. The summed E-state index contributed by atoms with van der Waals surface area (Å²) in [5.74, 6) is 5.63. The maximum Gasteiger partial charge on any atom is 0.0617 e. The van der Waals surface area contributed by atoms with Crippen LogP contribution in [0.4, 0.5) is 0 Å². The Labute approximate surface area is 247 Å². The van der Waals surface area contributed by atoms with Crippen molar-refractivity contribution in [1.82, 2.24) is 9.97 Å². The van der Waals surface area contributed by atoms with Gasteiger partial charge >= 0.3 is 0 Å². The molecular weight excluding hydrogens is 500 g/mol. The van der Waals surface area contributed by atoms with E-state index in [2.05, 4.69) is 50.1 Å². The molecule has 8 fully saturated rings. The van der Waals surface area contributed by atoms with Crippen LogP contribution < -0.4 is 0 Å². The van der Waals surface area contributed by atoms with E-state index in [0.717, 1.165) is 54.8 Å². The Morgan fingerprint density at radius 3 is 1.20 bits per heavy atom. The van der Waals surface area contributed by atoms with Crippen LogP contribution in [0.25, 0.3) is 0 Å². The molecule has 41 heavy (non-hydrogen) atoms. The maximum absolute atomic E-state index is 5.41. The highest BCUT2D eigenvalue weighted by molar-refractivity contribution is 5.82. The van der Waals surface area contributed by atoms with Crippen molar-refractivity contribution >= 4 is 12.4 Å². The number of nitrogens with zero attached hydrogens (tertiary/aromatic N) is 2. The van der Waals surface area contributed by atoms with Crippen LogP contribution in [0.1, 0.15) is 136 Å². The van der Waals surface area contributed by atoms with E-state index < -0.39 is 0 Å². The summed E-state index contributed by atoms with van der Waals surface area (Å²) in [7, 11) is 0. The second kappa shape index (κ2) is 9.71. The predicted molar refractivity (Wildman–Crippen MR) is 170 cm³/mol. The van der Waals surface area contributed by atoms with Gasteiger partial charge in [0.2, 0.25) is 0 Å². The molecule has 0 spiro atoms. The maximum atomic E-state index is 5.41. The lowest BCUT2D eigenvalue weighted by molar-refractivity contribution is 0.00176. The first-order valence-electron chi connectivity index (χ1n) is 17.3. The standard InChI is InChI=1S/C37H52N4/c1-5-30-22(3)34(20-38-36-14-24-7-25(15-36)9-26(8-24)16-36)40-32(30)13-33-31(6-2)23(4)35(41-33)21-39-37-17-27-10-28(18-37)12-29(11-27)19-37/h20-21,24-29,40-41H,5-19H2,1-4H3. The summed E-state index contributed by atoms with van der Waals surface area (Å²) in [6, 6.07) is 0. The summed E-state index contributed by atoms with van der Waals surface area (Å²) < 4.78 is 0. The minimum atomic E-state index is 0.232. The Balaban J connectivity index is 1.05. The molecule has 4 heteroatoms. The third-order valence-electron chi connectivity index (χ3n) is 13.0. The highest BCUT2D eigenvalue weighted by Crippen LogP contribution is 2.58. The zero-order chi connectivity index (χ0) is 27.9. The monoisotopic (exact) mass is 552 g/mol. The van der Waals surface area contributed by atoms with Gasteiger partial charge < -0.3 is 9.97 Å². The van der Waals surface area contributed by atoms with Crippen LogP contribution >= 0.6 is 0 Å². The van der Waals surface area contributed by atoms with Gasteiger partial charge in [-0.05, 0) is 162 Å². The fourth-order valence-electron chi connectivity index (χ4n) is 12.0. The summed E-state index contributed by atoms with van der Waals surface area (Å²) in [4.78, 5) is 18.6. The lowest BCUT2D eigenvalue weighted by Crippen LogP contribution is -2.49. The molecule has 0 aromatic carbocycles. The number of aromatic amines is 2. The first-order valence-corrected chi connectivity index (χ1v) is 17.3. The smallest absolute Gasteiger partial charge is 0.0617 e. The summed E-state index contributed by atoms with van der Waals surface area (Å²) in [6.07, 6.45) is 24.4. The lowest BCUT2D eigenvalue weighted by atomic mass is 9.53. The number of nitrogens with one attached hydrogen (secondary N) is 2. The molecule has 8 saturated carbocycles. The molecule has 220 valence electrons. The second-order valence-electron chi connectivity index (χ2n) is 15.9. The number of hydrogen-bond acceptors (Lipinski definition) is 2. The lowest BCUT2D eigenvalue weighted by Gasteiger charge is -2.55. The Morgan fingerprint density at radius 1 is 0.585 bits per heavy atom. The molecule has 2 heterocycles. The molecule has 2 aromatic heterocycles. The molecule has 4 nitrogen and oxygen atoms in total. The molecule has 2 aromatic rings. The van der Waals surface area contributed by atoms with Crippen LogP contribution in [0.3, 0.4) is 0 Å². The molecule has 10 rings (SSSR count). The van der Waals surface area contributed by atoms with Crippen LogP contribution in [0, 0.1) is 49.4 Å². The largest absolute Gasteiger partial charge is 0.357 e. The topological polar surface area (TPSA) is 56.3 Å². The van der Waals surface area contributed by atoms with Crippen molar-refractivity contribution in [2.24, 2.45) is 45.5 Å². The number of H-pyrrole nitrogens is 2. The van der Waals surface area contributed by atoms with E-state index in [1.54, 1.807) is 0 Å². The molecule has 2 N–H and O–H groups in total. The highest BCUT2D eigenvalue weighted by atomic mass is 14.9. The molecule has 8 aliphatic rings. The Hall–Kier alpha value is -2.10. The third-order valence-corrected chi connectivity index (χ3v) is 13.0. The van der Waals surface area contributed by atoms with E-state index in [0.29, 0.717) is 0 Å².